The van der Waals surface area contributed by atoms with Crippen LogP contribution < -0.4 is 4.98 Å². The zero-order chi connectivity index (χ0) is 15.2. The molecule has 1 aliphatic rings. The highest BCUT2D eigenvalue weighted by Gasteiger charge is 2.40. The van der Waals surface area contributed by atoms with Gasteiger partial charge in [-0.15, -0.1) is 0 Å². The summed E-state index contributed by atoms with van der Waals surface area (Å²) < 4.78 is 0. The summed E-state index contributed by atoms with van der Waals surface area (Å²) in [6.45, 7) is 23.5. The minimum absolute atomic E-state index is 0.322. The Balaban J connectivity index is 3.03. The van der Waals surface area contributed by atoms with Crippen molar-refractivity contribution in [1.82, 2.24) is 4.98 Å². The maximum Gasteiger partial charge on any atom is 0.130 e. The highest BCUT2D eigenvalue weighted by molar-refractivity contribution is 6.78. The van der Waals surface area contributed by atoms with Gasteiger partial charge in [0.15, 0.2) is 0 Å². The van der Waals surface area contributed by atoms with E-state index < -0.39 is 8.24 Å². The maximum absolute atomic E-state index is 4.01. The van der Waals surface area contributed by atoms with Crippen LogP contribution in [0.2, 0.25) is 18.6 Å². The van der Waals surface area contributed by atoms with Crippen LogP contribution in [0.25, 0.3) is 0 Å². The smallest absolute Gasteiger partial charge is 0.130 e. The highest BCUT2D eigenvalue weighted by atomic mass is 28.3. The van der Waals surface area contributed by atoms with Gasteiger partial charge in [0.2, 0.25) is 0 Å². The largest absolute Gasteiger partial charge is 0.334 e. The molecule has 0 unspecified atom stereocenters. The summed E-state index contributed by atoms with van der Waals surface area (Å²) in [5.41, 5.74) is 7.22. The van der Waals surface area contributed by atoms with E-state index >= 15 is 0 Å². The predicted molar refractivity (Wildman–Crippen MR) is 90.0 cm³/mol. The van der Waals surface area contributed by atoms with Gasteiger partial charge in [-0.25, -0.2) is 0 Å². The molecule has 0 saturated heterocycles. The Morgan fingerprint density at radius 3 is 1.63 bits per heavy atom. The van der Waals surface area contributed by atoms with Crippen molar-refractivity contribution in [2.24, 2.45) is 5.41 Å². The molecule has 2 heteroatoms. The molecule has 1 atom stereocenters. The zero-order valence-electron chi connectivity index (χ0n) is 14.7. The molecule has 0 fully saturated rings. The second-order valence-corrected chi connectivity index (χ2v) is 12.3. The van der Waals surface area contributed by atoms with Crippen LogP contribution in [0.5, 0.6) is 0 Å². The van der Waals surface area contributed by atoms with E-state index in [1.165, 1.54) is 11.1 Å². The van der Waals surface area contributed by atoms with E-state index in [0.29, 0.717) is 17.0 Å². The van der Waals surface area contributed by atoms with E-state index in [2.05, 4.69) is 73.5 Å². The summed E-state index contributed by atoms with van der Waals surface area (Å²) in [6, 6.07) is 0.552. The lowest BCUT2D eigenvalue weighted by atomic mass is 9.89. The molecule has 0 aliphatic heterocycles. The molecule has 0 aromatic carbocycles. The third-order valence-corrected chi connectivity index (χ3v) is 8.71. The second kappa shape index (κ2) is 5.21. The van der Waals surface area contributed by atoms with Crippen LogP contribution in [0.4, 0.5) is 0 Å². The summed E-state index contributed by atoms with van der Waals surface area (Å²) in [6.07, 6.45) is 0. The molecule has 110 valence electrons. The Kier molecular flexibility index (Phi) is 4.58. The average molecular weight is 280 g/mol. The first-order valence-corrected chi connectivity index (χ1v) is 10.6. The fourth-order valence-corrected chi connectivity index (χ4v) is 7.60. The number of rotatable bonds is 3. The molecule has 19 heavy (non-hydrogen) atoms. The minimum atomic E-state index is -1.52. The first kappa shape index (κ1) is 16.7. The van der Waals surface area contributed by atoms with Crippen molar-refractivity contribution >= 4 is 8.24 Å². The van der Waals surface area contributed by atoms with Gasteiger partial charge in [-0.3, -0.25) is 0 Å². The van der Waals surface area contributed by atoms with Crippen molar-refractivity contribution in [3.63, 3.8) is 0 Å². The van der Waals surface area contributed by atoms with Gasteiger partial charge in [0.25, 0.3) is 0 Å². The minimum Gasteiger partial charge on any atom is -0.334 e. The van der Waals surface area contributed by atoms with Crippen molar-refractivity contribution in [2.45, 2.75) is 80.1 Å². The average Bonchev–Trinajstić information content (AvgIpc) is 2.41. The summed E-state index contributed by atoms with van der Waals surface area (Å²) in [4.78, 5) is 4.01. The molecule has 1 aliphatic carbocycles. The zero-order valence-corrected chi connectivity index (χ0v) is 15.7. The van der Waals surface area contributed by atoms with E-state index in [0.717, 1.165) is 0 Å². The molecule has 0 radical (unpaired) electrons. The van der Waals surface area contributed by atoms with Gasteiger partial charge in [0.05, 0.1) is 0 Å². The fraction of sp³-hybridized carbons (Fsp3) is 0.765. The fourth-order valence-electron chi connectivity index (χ4n) is 3.29. The monoisotopic (exact) mass is 279 g/mol. The maximum atomic E-state index is 4.01. The quantitative estimate of drug-likeness (QED) is 0.694. The summed E-state index contributed by atoms with van der Waals surface area (Å²) in [5, 5.41) is 0. The molecule has 1 nitrogen and oxygen atoms in total. The van der Waals surface area contributed by atoms with Crippen molar-refractivity contribution in [3.05, 3.63) is 22.3 Å². The lowest BCUT2D eigenvalue weighted by Crippen LogP contribution is -2.56. The molecule has 1 N–H and O–H groups in total. The van der Waals surface area contributed by atoms with Crippen molar-refractivity contribution in [3.8, 4) is 0 Å². The first-order chi connectivity index (χ1) is 8.39. The van der Waals surface area contributed by atoms with Crippen molar-refractivity contribution < 1.29 is 0 Å². The Morgan fingerprint density at radius 1 is 0.947 bits per heavy atom. The van der Waals surface area contributed by atoms with Crippen LogP contribution in [-0.2, 0) is 0 Å². The lowest BCUT2D eigenvalue weighted by molar-refractivity contribution is 0.316. The summed E-state index contributed by atoms with van der Waals surface area (Å²) in [5.74, 6) is 0. The molecule has 0 aromatic heterocycles. The van der Waals surface area contributed by atoms with Crippen LogP contribution >= 0.6 is 0 Å². The van der Waals surface area contributed by atoms with Crippen molar-refractivity contribution in [2.75, 3.05) is 0 Å². The topological polar surface area (TPSA) is 12.0 Å². The molecule has 0 aromatic rings. The number of hydrogen-bond donors (Lipinski definition) is 1. The Bertz CT molecular complexity index is 397. The van der Waals surface area contributed by atoms with Gasteiger partial charge in [0, 0.05) is 11.6 Å². The molecule has 0 heterocycles. The van der Waals surface area contributed by atoms with E-state index in [1.807, 2.05) is 0 Å². The Labute approximate surface area is 121 Å². The predicted octanol–water partition coefficient (Wildman–Crippen LogP) is 5.27. The summed E-state index contributed by atoms with van der Waals surface area (Å²) >= 11 is 0. The van der Waals surface area contributed by atoms with Crippen LogP contribution in [0.1, 0.15) is 55.4 Å². The standard InChI is InChI=1S/C17H33NSi/c1-11-12(2)14(4)16(13(11)3)19(9,10)18-15(5)17(6,7)8/h15-16,18H,1-10H3/t15-/m1/s1. The first-order valence-electron chi connectivity index (χ1n) is 7.52. The van der Waals surface area contributed by atoms with Gasteiger partial charge in [-0.1, -0.05) is 45.0 Å². The normalized spacial score (nSPS) is 20.5. The Morgan fingerprint density at radius 2 is 1.32 bits per heavy atom. The lowest BCUT2D eigenvalue weighted by Gasteiger charge is -2.40. The Hall–Kier alpha value is -0.343. The third kappa shape index (κ3) is 3.22. The molecule has 0 amide bonds. The molecular formula is C17H33NSi. The second-order valence-electron chi connectivity index (χ2n) is 8.00. The van der Waals surface area contributed by atoms with E-state index in [-0.39, 0.29) is 0 Å². The molecule has 1 rings (SSSR count). The number of allylic oxidation sites excluding steroid dienone is 4. The van der Waals surface area contributed by atoms with Gasteiger partial charge in [-0.2, -0.15) is 0 Å². The van der Waals surface area contributed by atoms with E-state index in [4.69, 9.17) is 0 Å². The van der Waals surface area contributed by atoms with Crippen LogP contribution in [0.15, 0.2) is 22.3 Å². The van der Waals surface area contributed by atoms with E-state index in [1.54, 1.807) is 11.1 Å². The SMILES string of the molecule is CC1=C(C)C([Si](C)(C)N[C@H](C)C(C)(C)C)C(C)=C1C. The van der Waals surface area contributed by atoms with Gasteiger partial charge in [-0.05, 0) is 51.2 Å². The van der Waals surface area contributed by atoms with Gasteiger partial charge < -0.3 is 4.98 Å². The van der Waals surface area contributed by atoms with Gasteiger partial charge >= 0.3 is 0 Å². The molecule has 0 bridgehead atoms. The van der Waals surface area contributed by atoms with Crippen LogP contribution in [0.3, 0.4) is 0 Å². The van der Waals surface area contributed by atoms with Crippen LogP contribution in [0, 0.1) is 5.41 Å². The molecule has 0 saturated carbocycles. The molecule has 0 spiro atoms. The number of hydrogen-bond acceptors (Lipinski definition) is 1. The van der Waals surface area contributed by atoms with Gasteiger partial charge in [0.1, 0.15) is 8.24 Å². The van der Waals surface area contributed by atoms with Crippen LogP contribution in [-0.4, -0.2) is 14.3 Å². The number of nitrogens with one attached hydrogen (secondary N) is 1. The van der Waals surface area contributed by atoms with Crippen molar-refractivity contribution in [1.29, 1.82) is 0 Å². The highest BCUT2D eigenvalue weighted by Crippen LogP contribution is 2.46. The third-order valence-electron chi connectivity index (χ3n) is 5.22. The van der Waals surface area contributed by atoms with E-state index in [9.17, 15) is 0 Å². The summed E-state index contributed by atoms with van der Waals surface area (Å²) in [7, 11) is -1.52. The molecular weight excluding hydrogens is 246 g/mol.